The number of nitrogens with one attached hydrogen (secondary N) is 1. The molecule has 0 radical (unpaired) electrons. The van der Waals surface area contributed by atoms with E-state index in [4.69, 9.17) is 9.57 Å². The molecule has 1 heterocycles. The first-order valence-corrected chi connectivity index (χ1v) is 3.33. The molecule has 1 rings (SSSR count). The lowest BCUT2D eigenvalue weighted by Gasteiger charge is -2.07. The van der Waals surface area contributed by atoms with Gasteiger partial charge < -0.3 is 4.74 Å². The van der Waals surface area contributed by atoms with Crippen LogP contribution < -0.4 is 5.48 Å². The zero-order chi connectivity index (χ0) is 6.53. The van der Waals surface area contributed by atoms with E-state index in [2.05, 4.69) is 5.48 Å². The molecule has 1 atom stereocenters. The van der Waals surface area contributed by atoms with Crippen LogP contribution >= 0.6 is 0 Å². The van der Waals surface area contributed by atoms with Crippen molar-refractivity contribution in [1.29, 1.82) is 0 Å². The zero-order valence-electron chi connectivity index (χ0n) is 5.72. The second-order valence-electron chi connectivity index (χ2n) is 2.15. The maximum absolute atomic E-state index is 5.29. The molecule has 0 bridgehead atoms. The molecule has 0 aromatic rings. The van der Waals surface area contributed by atoms with E-state index in [0.29, 0.717) is 12.7 Å². The number of hydrogen-bond donors (Lipinski definition) is 1. The molecule has 1 N–H and O–H groups in total. The average molecular weight is 131 g/mol. The van der Waals surface area contributed by atoms with E-state index in [0.717, 1.165) is 13.0 Å². The minimum Gasteiger partial charge on any atom is -0.376 e. The minimum absolute atomic E-state index is 0.331. The summed E-state index contributed by atoms with van der Waals surface area (Å²) in [5, 5.41) is 0. The van der Waals surface area contributed by atoms with Crippen molar-refractivity contribution in [2.45, 2.75) is 18.9 Å². The first-order chi connectivity index (χ1) is 4.43. The normalized spacial score (nSPS) is 27.0. The summed E-state index contributed by atoms with van der Waals surface area (Å²) < 4.78 is 5.29. The SMILES string of the molecule is CNOCC1CCCO1. The highest BCUT2D eigenvalue weighted by Gasteiger charge is 2.14. The van der Waals surface area contributed by atoms with E-state index >= 15 is 0 Å². The molecule has 1 fully saturated rings. The Morgan fingerprint density at radius 1 is 1.78 bits per heavy atom. The third-order valence-electron chi connectivity index (χ3n) is 1.44. The summed E-state index contributed by atoms with van der Waals surface area (Å²) >= 11 is 0. The smallest absolute Gasteiger partial charge is 0.0944 e. The quantitative estimate of drug-likeness (QED) is 0.559. The lowest BCUT2D eigenvalue weighted by atomic mass is 10.2. The summed E-state index contributed by atoms with van der Waals surface area (Å²) in [5.41, 5.74) is 2.61. The second kappa shape index (κ2) is 3.82. The molecule has 0 aromatic carbocycles. The Kier molecular flexibility index (Phi) is 2.97. The molecule has 1 saturated heterocycles. The summed E-state index contributed by atoms with van der Waals surface area (Å²) in [4.78, 5) is 4.94. The minimum atomic E-state index is 0.331. The highest BCUT2D eigenvalue weighted by Crippen LogP contribution is 2.10. The lowest BCUT2D eigenvalue weighted by molar-refractivity contribution is -0.0203. The van der Waals surface area contributed by atoms with Crippen LogP contribution in [-0.4, -0.2) is 26.4 Å². The van der Waals surface area contributed by atoms with E-state index < -0.39 is 0 Å². The zero-order valence-corrected chi connectivity index (χ0v) is 5.72. The third kappa shape index (κ3) is 2.30. The Morgan fingerprint density at radius 3 is 3.22 bits per heavy atom. The van der Waals surface area contributed by atoms with Crippen molar-refractivity contribution in [3.63, 3.8) is 0 Å². The van der Waals surface area contributed by atoms with Crippen molar-refractivity contribution in [2.75, 3.05) is 20.3 Å². The maximum atomic E-state index is 5.29. The maximum Gasteiger partial charge on any atom is 0.0944 e. The Labute approximate surface area is 55.3 Å². The molecule has 9 heavy (non-hydrogen) atoms. The largest absolute Gasteiger partial charge is 0.376 e. The molecule has 0 aliphatic carbocycles. The van der Waals surface area contributed by atoms with Gasteiger partial charge in [-0.15, -0.1) is 0 Å². The molecular formula is C6H13NO2. The van der Waals surface area contributed by atoms with Crippen molar-refractivity contribution >= 4 is 0 Å². The van der Waals surface area contributed by atoms with Crippen molar-refractivity contribution in [2.24, 2.45) is 0 Å². The Bertz CT molecular complexity index is 71.5. The molecule has 1 unspecified atom stereocenters. The van der Waals surface area contributed by atoms with Crippen molar-refractivity contribution in [3.8, 4) is 0 Å². The molecule has 0 saturated carbocycles. The van der Waals surface area contributed by atoms with E-state index in [1.165, 1.54) is 6.42 Å². The van der Waals surface area contributed by atoms with Crippen LogP contribution in [0.3, 0.4) is 0 Å². The summed E-state index contributed by atoms with van der Waals surface area (Å²) in [6.07, 6.45) is 2.65. The summed E-state index contributed by atoms with van der Waals surface area (Å²) in [6, 6.07) is 0. The van der Waals surface area contributed by atoms with Gasteiger partial charge in [0, 0.05) is 13.7 Å². The van der Waals surface area contributed by atoms with Gasteiger partial charge in [0.1, 0.15) is 0 Å². The van der Waals surface area contributed by atoms with Crippen molar-refractivity contribution in [1.82, 2.24) is 5.48 Å². The molecule has 1 aliphatic rings. The molecule has 1 aliphatic heterocycles. The van der Waals surface area contributed by atoms with Gasteiger partial charge in [-0.05, 0) is 12.8 Å². The van der Waals surface area contributed by atoms with Gasteiger partial charge in [-0.3, -0.25) is 4.84 Å². The fourth-order valence-corrected chi connectivity index (χ4v) is 0.952. The number of hydrogen-bond acceptors (Lipinski definition) is 3. The first kappa shape index (κ1) is 6.99. The van der Waals surface area contributed by atoms with Crippen LogP contribution in [0.5, 0.6) is 0 Å². The van der Waals surface area contributed by atoms with Crippen molar-refractivity contribution in [3.05, 3.63) is 0 Å². The van der Waals surface area contributed by atoms with Crippen LogP contribution in [0.15, 0.2) is 0 Å². The predicted molar refractivity (Wildman–Crippen MR) is 34.0 cm³/mol. The Balaban J connectivity index is 1.98. The van der Waals surface area contributed by atoms with E-state index in [-0.39, 0.29) is 0 Å². The van der Waals surface area contributed by atoms with E-state index in [9.17, 15) is 0 Å². The average Bonchev–Trinajstić information content (AvgIpc) is 2.34. The van der Waals surface area contributed by atoms with E-state index in [1.54, 1.807) is 7.05 Å². The standard InChI is InChI=1S/C6H13NO2/c1-7-9-5-6-3-2-4-8-6/h6-7H,2-5H2,1H3. The lowest BCUT2D eigenvalue weighted by Crippen LogP contribution is -2.19. The number of ether oxygens (including phenoxy) is 1. The van der Waals surface area contributed by atoms with E-state index in [1.807, 2.05) is 0 Å². The van der Waals surface area contributed by atoms with Gasteiger partial charge in [-0.25, -0.2) is 5.48 Å². The fourth-order valence-electron chi connectivity index (χ4n) is 0.952. The summed E-state index contributed by atoms with van der Waals surface area (Å²) in [6.45, 7) is 1.58. The molecule has 3 nitrogen and oxygen atoms in total. The fraction of sp³-hybridized carbons (Fsp3) is 1.00. The van der Waals surface area contributed by atoms with Crippen LogP contribution in [0.4, 0.5) is 0 Å². The summed E-state index contributed by atoms with van der Waals surface area (Å²) in [5.74, 6) is 0. The highest BCUT2D eigenvalue weighted by atomic mass is 16.7. The van der Waals surface area contributed by atoms with Gasteiger partial charge in [0.25, 0.3) is 0 Å². The summed E-state index contributed by atoms with van der Waals surface area (Å²) in [7, 11) is 1.76. The topological polar surface area (TPSA) is 30.5 Å². The van der Waals surface area contributed by atoms with Gasteiger partial charge in [-0.1, -0.05) is 0 Å². The van der Waals surface area contributed by atoms with Crippen LogP contribution in [0.1, 0.15) is 12.8 Å². The van der Waals surface area contributed by atoms with Gasteiger partial charge in [0.15, 0.2) is 0 Å². The number of hydroxylamine groups is 1. The second-order valence-corrected chi connectivity index (χ2v) is 2.15. The molecule has 3 heteroatoms. The van der Waals surface area contributed by atoms with Crippen LogP contribution in [0, 0.1) is 0 Å². The van der Waals surface area contributed by atoms with Crippen molar-refractivity contribution < 1.29 is 9.57 Å². The molecule has 0 aromatic heterocycles. The van der Waals surface area contributed by atoms with Gasteiger partial charge in [0.2, 0.25) is 0 Å². The van der Waals surface area contributed by atoms with Crippen LogP contribution in [0.2, 0.25) is 0 Å². The van der Waals surface area contributed by atoms with Gasteiger partial charge in [-0.2, -0.15) is 0 Å². The first-order valence-electron chi connectivity index (χ1n) is 3.33. The van der Waals surface area contributed by atoms with Gasteiger partial charge in [0.05, 0.1) is 12.7 Å². The van der Waals surface area contributed by atoms with Crippen LogP contribution in [0.25, 0.3) is 0 Å². The monoisotopic (exact) mass is 131 g/mol. The van der Waals surface area contributed by atoms with Crippen LogP contribution in [-0.2, 0) is 9.57 Å². The van der Waals surface area contributed by atoms with Gasteiger partial charge >= 0.3 is 0 Å². The molecule has 54 valence electrons. The Morgan fingerprint density at radius 2 is 2.67 bits per heavy atom. The Hall–Kier alpha value is -0.120. The predicted octanol–water partition coefficient (Wildman–Crippen LogP) is 0.316. The molecule has 0 amide bonds. The third-order valence-corrected chi connectivity index (χ3v) is 1.44. The number of rotatable bonds is 3. The molecular weight excluding hydrogens is 118 g/mol. The molecule has 0 spiro atoms. The highest BCUT2D eigenvalue weighted by molar-refractivity contribution is 4.62.